The molecule has 3 N–H and O–H groups in total. The van der Waals surface area contributed by atoms with Gasteiger partial charge in [0.05, 0.1) is 5.69 Å². The van der Waals surface area contributed by atoms with E-state index in [2.05, 4.69) is 15.3 Å². The zero-order valence-electron chi connectivity index (χ0n) is 11.7. The summed E-state index contributed by atoms with van der Waals surface area (Å²) in [5, 5.41) is 20.4. The van der Waals surface area contributed by atoms with Gasteiger partial charge in [0, 0.05) is 13.0 Å². The third-order valence-electron chi connectivity index (χ3n) is 3.23. The minimum Gasteiger partial charge on any atom is -0.394 e. The van der Waals surface area contributed by atoms with Crippen LogP contribution in [-0.4, -0.2) is 25.8 Å². The Morgan fingerprint density at radius 3 is 2.73 bits per heavy atom. The fourth-order valence-electron chi connectivity index (χ4n) is 2.15. The molecule has 3 aromatic rings. The summed E-state index contributed by atoms with van der Waals surface area (Å²) >= 11 is 0. The molecule has 3 rings (SSSR count). The number of nitrogens with two attached hydrogens (primary N) is 1. The van der Waals surface area contributed by atoms with Gasteiger partial charge in [0.25, 0.3) is 0 Å². The molecule has 0 aliphatic rings. The van der Waals surface area contributed by atoms with Crippen LogP contribution in [0.5, 0.6) is 0 Å². The average molecular weight is 292 g/mol. The number of hydrogen-bond acceptors (Lipinski definition) is 5. The topological polar surface area (TPSA) is 113 Å². The van der Waals surface area contributed by atoms with E-state index >= 15 is 0 Å². The van der Waals surface area contributed by atoms with E-state index in [0.29, 0.717) is 5.82 Å². The number of rotatable bonds is 3. The summed E-state index contributed by atoms with van der Waals surface area (Å²) in [6.45, 7) is 1.35. The normalized spacial score (nSPS) is 10.4. The maximum absolute atomic E-state index is 11.5. The van der Waals surface area contributed by atoms with Crippen LogP contribution in [0.2, 0.25) is 0 Å². The predicted molar refractivity (Wildman–Crippen MR) is 80.3 cm³/mol. The number of carbonyl (C=O) groups is 1. The highest BCUT2D eigenvalue weighted by Crippen LogP contribution is 2.23. The number of anilines is 1. The molecule has 2 heterocycles. The molecule has 108 valence electrons. The van der Waals surface area contributed by atoms with Crippen molar-refractivity contribution in [2.75, 3.05) is 5.73 Å². The number of carbonyl (C=O) groups excluding carboxylic acids is 1. The number of nitrogens with zero attached hydrogens (tertiary/aromatic N) is 4. The zero-order chi connectivity index (χ0) is 15.7. The Labute approximate surface area is 126 Å². The summed E-state index contributed by atoms with van der Waals surface area (Å²) in [5.41, 5.74) is 7.77. The molecule has 0 bridgehead atoms. The summed E-state index contributed by atoms with van der Waals surface area (Å²) in [7, 11) is 0. The van der Waals surface area contributed by atoms with Crippen molar-refractivity contribution in [3.63, 3.8) is 0 Å². The van der Waals surface area contributed by atoms with Gasteiger partial charge in [0.15, 0.2) is 23.0 Å². The lowest BCUT2D eigenvalue weighted by atomic mass is 10.1. The Morgan fingerprint density at radius 1 is 1.36 bits per heavy atom. The van der Waals surface area contributed by atoms with Gasteiger partial charge in [-0.1, -0.05) is 30.3 Å². The molecule has 7 nitrogen and oxygen atoms in total. The lowest BCUT2D eigenvalue weighted by Crippen LogP contribution is -2.01. The Bertz CT molecular complexity index is 885. The van der Waals surface area contributed by atoms with Crippen LogP contribution in [-0.2, 0) is 0 Å². The van der Waals surface area contributed by atoms with Gasteiger partial charge in [-0.2, -0.15) is 20.1 Å². The van der Waals surface area contributed by atoms with Crippen LogP contribution < -0.4 is 5.73 Å². The quantitative estimate of drug-likeness (QED) is 0.716. The van der Waals surface area contributed by atoms with Crippen molar-refractivity contribution in [3.05, 3.63) is 47.8 Å². The molecule has 0 saturated carbocycles. The molecule has 0 atom stereocenters. The lowest BCUT2D eigenvalue weighted by Gasteiger charge is -1.96. The highest BCUT2D eigenvalue weighted by atomic mass is 16.1. The van der Waals surface area contributed by atoms with Crippen molar-refractivity contribution in [2.24, 2.45) is 0 Å². The van der Waals surface area contributed by atoms with Gasteiger partial charge < -0.3 is 5.73 Å². The smallest absolute Gasteiger partial charge is 0.182 e. The fraction of sp³-hybridized carbons (Fsp3) is 0.0667. The second kappa shape index (κ2) is 5.18. The second-order valence-corrected chi connectivity index (χ2v) is 4.70. The van der Waals surface area contributed by atoms with Gasteiger partial charge in [-0.15, -0.1) is 0 Å². The number of aromatic amines is 1. The molecule has 0 fully saturated rings. The van der Waals surface area contributed by atoms with E-state index in [0.717, 1.165) is 11.3 Å². The van der Waals surface area contributed by atoms with Crippen molar-refractivity contribution in [3.8, 4) is 23.1 Å². The lowest BCUT2D eigenvalue weighted by molar-refractivity contribution is 0.101. The van der Waals surface area contributed by atoms with Crippen LogP contribution >= 0.6 is 0 Å². The first-order chi connectivity index (χ1) is 10.6. The Balaban J connectivity index is 2.10. The van der Waals surface area contributed by atoms with Crippen LogP contribution in [0.3, 0.4) is 0 Å². The van der Waals surface area contributed by atoms with Crippen molar-refractivity contribution in [1.29, 1.82) is 5.26 Å². The standard InChI is InChI=1S/C15H12N6O/c1-9(22)15-14(17)12(8-16)21(20-15)13-7-11(18-19-13)10-5-3-2-4-6-10/h2-7H,17H2,1H3,(H,18,19). The first-order valence-corrected chi connectivity index (χ1v) is 6.52. The van der Waals surface area contributed by atoms with Crippen LogP contribution in [0, 0.1) is 11.3 Å². The molecule has 0 unspecified atom stereocenters. The third-order valence-corrected chi connectivity index (χ3v) is 3.23. The Hall–Kier alpha value is -3.40. The van der Waals surface area contributed by atoms with E-state index < -0.39 is 0 Å². The molecule has 0 amide bonds. The molecule has 22 heavy (non-hydrogen) atoms. The third kappa shape index (κ3) is 2.13. The van der Waals surface area contributed by atoms with E-state index in [1.165, 1.54) is 11.6 Å². The van der Waals surface area contributed by atoms with Crippen molar-refractivity contribution in [1.82, 2.24) is 20.0 Å². The largest absolute Gasteiger partial charge is 0.394 e. The molecule has 7 heteroatoms. The second-order valence-electron chi connectivity index (χ2n) is 4.70. The van der Waals surface area contributed by atoms with E-state index in [1.54, 1.807) is 6.07 Å². The minimum absolute atomic E-state index is 0.0688. The Morgan fingerprint density at radius 2 is 2.09 bits per heavy atom. The molecule has 0 aliphatic carbocycles. The van der Waals surface area contributed by atoms with E-state index in [1.807, 2.05) is 36.4 Å². The number of hydrogen-bond donors (Lipinski definition) is 2. The van der Waals surface area contributed by atoms with Gasteiger partial charge >= 0.3 is 0 Å². The van der Waals surface area contributed by atoms with Gasteiger partial charge in [-0.05, 0) is 5.56 Å². The number of benzene rings is 1. The first kappa shape index (κ1) is 13.6. The van der Waals surface area contributed by atoms with Gasteiger partial charge in [-0.25, -0.2) is 0 Å². The number of ketones is 1. The minimum atomic E-state index is -0.299. The number of H-pyrrole nitrogens is 1. The zero-order valence-corrected chi connectivity index (χ0v) is 11.7. The van der Waals surface area contributed by atoms with Crippen LogP contribution in [0.15, 0.2) is 36.4 Å². The summed E-state index contributed by atoms with van der Waals surface area (Å²) in [6.07, 6.45) is 0. The number of aromatic nitrogens is 4. The average Bonchev–Trinajstić information content (AvgIpc) is 3.12. The molecule has 0 radical (unpaired) electrons. The molecule has 1 aromatic carbocycles. The van der Waals surface area contributed by atoms with Crippen molar-refractivity contribution >= 4 is 11.5 Å². The summed E-state index contributed by atoms with van der Waals surface area (Å²) in [5.74, 6) is 0.0983. The molecule has 0 aliphatic heterocycles. The van der Waals surface area contributed by atoms with Crippen LogP contribution in [0.25, 0.3) is 17.1 Å². The number of nitrogens with one attached hydrogen (secondary N) is 1. The van der Waals surface area contributed by atoms with Crippen molar-refractivity contribution < 1.29 is 4.79 Å². The van der Waals surface area contributed by atoms with E-state index in [9.17, 15) is 10.1 Å². The predicted octanol–water partition coefficient (Wildman–Crippen LogP) is 1.92. The van der Waals surface area contributed by atoms with Gasteiger partial charge in [0.2, 0.25) is 0 Å². The highest BCUT2D eigenvalue weighted by molar-refractivity contribution is 5.98. The summed E-state index contributed by atoms with van der Waals surface area (Å²) < 4.78 is 1.27. The number of Topliss-reactive ketones (excluding diaryl/α,β-unsaturated/α-hetero) is 1. The molecular formula is C15H12N6O. The summed E-state index contributed by atoms with van der Waals surface area (Å²) in [6, 6.07) is 13.3. The first-order valence-electron chi connectivity index (χ1n) is 6.52. The molecular weight excluding hydrogens is 280 g/mol. The van der Waals surface area contributed by atoms with E-state index in [4.69, 9.17) is 5.73 Å². The van der Waals surface area contributed by atoms with Gasteiger partial charge in [-0.3, -0.25) is 9.89 Å². The SMILES string of the molecule is CC(=O)c1nn(-c2cc(-c3ccccc3)[nH]n2)c(C#N)c1N. The van der Waals surface area contributed by atoms with E-state index in [-0.39, 0.29) is 22.9 Å². The molecule has 2 aromatic heterocycles. The van der Waals surface area contributed by atoms with Crippen LogP contribution in [0.4, 0.5) is 5.69 Å². The summed E-state index contributed by atoms with van der Waals surface area (Å²) in [4.78, 5) is 11.5. The monoisotopic (exact) mass is 292 g/mol. The number of nitrogen functional groups attached to an aromatic ring is 1. The fourth-order valence-corrected chi connectivity index (χ4v) is 2.15. The van der Waals surface area contributed by atoms with Crippen LogP contribution in [0.1, 0.15) is 23.1 Å². The maximum atomic E-state index is 11.5. The number of nitriles is 1. The Kier molecular flexibility index (Phi) is 3.20. The maximum Gasteiger partial charge on any atom is 0.182 e. The molecule has 0 spiro atoms. The highest BCUT2D eigenvalue weighted by Gasteiger charge is 2.20. The van der Waals surface area contributed by atoms with Crippen molar-refractivity contribution in [2.45, 2.75) is 6.92 Å². The molecule has 0 saturated heterocycles. The van der Waals surface area contributed by atoms with Gasteiger partial charge in [0.1, 0.15) is 11.8 Å².